The van der Waals surface area contributed by atoms with E-state index < -0.39 is 6.10 Å². The van der Waals surface area contributed by atoms with Crippen LogP contribution < -0.4 is 5.32 Å². The van der Waals surface area contributed by atoms with Crippen LogP contribution in [0, 0.1) is 0 Å². The standard InChI is InChI=1S/C19H31N3O4/c1-2-19(24)20-12-18-17(23)7-6-15(25-18)10-14-11-16(26-21-14)13-22-8-4-3-5-9-22/h11,15,17-18,23H,2-10,12-13H2,1H3,(H,20,24). The van der Waals surface area contributed by atoms with Crippen LogP contribution in [-0.4, -0.2) is 59.0 Å². The van der Waals surface area contributed by atoms with Gasteiger partial charge in [0.2, 0.25) is 5.91 Å². The van der Waals surface area contributed by atoms with E-state index in [0.29, 0.717) is 25.8 Å². The first-order chi connectivity index (χ1) is 12.6. The molecule has 0 aliphatic carbocycles. The molecule has 0 bridgehead atoms. The molecular formula is C19H31N3O4. The number of piperidine rings is 1. The Labute approximate surface area is 155 Å². The van der Waals surface area contributed by atoms with Gasteiger partial charge in [0.25, 0.3) is 0 Å². The number of carbonyl (C=O) groups excluding carboxylic acids is 1. The second kappa shape index (κ2) is 9.48. The monoisotopic (exact) mass is 365 g/mol. The molecule has 7 nitrogen and oxygen atoms in total. The second-order valence-electron chi connectivity index (χ2n) is 7.42. The number of amides is 1. The molecule has 1 aromatic heterocycles. The van der Waals surface area contributed by atoms with Crippen molar-refractivity contribution in [2.45, 2.75) is 76.7 Å². The van der Waals surface area contributed by atoms with Gasteiger partial charge in [0, 0.05) is 25.5 Å². The summed E-state index contributed by atoms with van der Waals surface area (Å²) in [4.78, 5) is 13.8. The van der Waals surface area contributed by atoms with E-state index in [-0.39, 0.29) is 18.1 Å². The van der Waals surface area contributed by atoms with Crippen LogP contribution in [0.15, 0.2) is 10.6 Å². The molecular weight excluding hydrogens is 334 g/mol. The molecule has 3 unspecified atom stereocenters. The predicted molar refractivity (Wildman–Crippen MR) is 96.5 cm³/mol. The normalized spacial score (nSPS) is 27.4. The lowest BCUT2D eigenvalue weighted by atomic mass is 9.98. The zero-order valence-electron chi connectivity index (χ0n) is 15.7. The van der Waals surface area contributed by atoms with Crippen LogP contribution in [0.25, 0.3) is 0 Å². The summed E-state index contributed by atoms with van der Waals surface area (Å²) in [6, 6.07) is 2.02. The van der Waals surface area contributed by atoms with E-state index in [4.69, 9.17) is 9.26 Å². The van der Waals surface area contributed by atoms with E-state index in [1.165, 1.54) is 19.3 Å². The van der Waals surface area contributed by atoms with E-state index in [0.717, 1.165) is 37.5 Å². The summed E-state index contributed by atoms with van der Waals surface area (Å²) in [7, 11) is 0. The number of aromatic nitrogens is 1. The van der Waals surface area contributed by atoms with Crippen molar-refractivity contribution in [2.75, 3.05) is 19.6 Å². The van der Waals surface area contributed by atoms with Gasteiger partial charge in [-0.05, 0) is 38.8 Å². The molecule has 2 aliphatic rings. The van der Waals surface area contributed by atoms with Gasteiger partial charge in [-0.3, -0.25) is 9.69 Å². The van der Waals surface area contributed by atoms with Gasteiger partial charge in [0.05, 0.1) is 24.4 Å². The zero-order chi connectivity index (χ0) is 18.4. The molecule has 146 valence electrons. The number of nitrogens with zero attached hydrogens (tertiary/aromatic N) is 2. The number of aliphatic hydroxyl groups excluding tert-OH is 1. The van der Waals surface area contributed by atoms with Gasteiger partial charge in [-0.15, -0.1) is 0 Å². The van der Waals surface area contributed by atoms with E-state index >= 15 is 0 Å². The fraction of sp³-hybridized carbons (Fsp3) is 0.789. The number of hydrogen-bond donors (Lipinski definition) is 2. The number of nitrogens with one attached hydrogen (secondary N) is 1. The minimum Gasteiger partial charge on any atom is -0.390 e. The van der Waals surface area contributed by atoms with Crippen LogP contribution in [0.4, 0.5) is 0 Å². The lowest BCUT2D eigenvalue weighted by Gasteiger charge is -2.33. The van der Waals surface area contributed by atoms with Crippen LogP contribution in [0.3, 0.4) is 0 Å². The van der Waals surface area contributed by atoms with Gasteiger partial charge in [-0.2, -0.15) is 0 Å². The van der Waals surface area contributed by atoms with Crippen molar-refractivity contribution in [1.82, 2.24) is 15.4 Å². The van der Waals surface area contributed by atoms with Crippen molar-refractivity contribution in [3.05, 3.63) is 17.5 Å². The van der Waals surface area contributed by atoms with Gasteiger partial charge in [-0.1, -0.05) is 18.5 Å². The lowest BCUT2D eigenvalue weighted by Crippen LogP contribution is -2.46. The molecule has 2 N–H and O–H groups in total. The molecule has 3 heterocycles. The van der Waals surface area contributed by atoms with E-state index in [1.807, 2.05) is 13.0 Å². The summed E-state index contributed by atoms with van der Waals surface area (Å²) in [6.45, 7) is 5.24. The molecule has 0 radical (unpaired) electrons. The molecule has 1 aromatic rings. The first kappa shape index (κ1) is 19.3. The smallest absolute Gasteiger partial charge is 0.219 e. The van der Waals surface area contributed by atoms with Crippen molar-refractivity contribution in [1.29, 1.82) is 0 Å². The van der Waals surface area contributed by atoms with Crippen molar-refractivity contribution in [3.63, 3.8) is 0 Å². The minimum atomic E-state index is -0.532. The lowest BCUT2D eigenvalue weighted by molar-refractivity contribution is -0.128. The van der Waals surface area contributed by atoms with Crippen molar-refractivity contribution < 1.29 is 19.2 Å². The summed E-state index contributed by atoms with van der Waals surface area (Å²) >= 11 is 0. The molecule has 0 spiro atoms. The van der Waals surface area contributed by atoms with Gasteiger partial charge < -0.3 is 19.7 Å². The Kier molecular flexibility index (Phi) is 7.05. The number of hydrogen-bond acceptors (Lipinski definition) is 6. The van der Waals surface area contributed by atoms with Crippen LogP contribution in [-0.2, 0) is 22.5 Å². The Hall–Kier alpha value is -1.44. The molecule has 26 heavy (non-hydrogen) atoms. The topological polar surface area (TPSA) is 87.8 Å². The summed E-state index contributed by atoms with van der Waals surface area (Å²) < 4.78 is 11.5. The maximum Gasteiger partial charge on any atom is 0.219 e. The number of likely N-dealkylation sites (tertiary alicyclic amines) is 1. The Balaban J connectivity index is 1.48. The highest BCUT2D eigenvalue weighted by molar-refractivity contribution is 5.75. The molecule has 2 saturated heterocycles. The Bertz CT molecular complexity index is 571. The SMILES string of the molecule is CCC(=O)NCC1OC(Cc2cc(CN3CCCCC3)on2)CCC1O. The van der Waals surface area contributed by atoms with Crippen LogP contribution in [0.5, 0.6) is 0 Å². The maximum absolute atomic E-state index is 11.4. The Morgan fingerprint density at radius 1 is 1.35 bits per heavy atom. The highest BCUT2D eigenvalue weighted by Gasteiger charge is 2.30. The minimum absolute atomic E-state index is 0.00475. The molecule has 7 heteroatoms. The summed E-state index contributed by atoms with van der Waals surface area (Å²) in [5.41, 5.74) is 0.898. The van der Waals surface area contributed by atoms with Crippen molar-refractivity contribution in [2.24, 2.45) is 0 Å². The molecule has 1 amide bonds. The summed E-state index contributed by atoms with van der Waals surface area (Å²) in [6.07, 6.45) is 5.52. The molecule has 0 aromatic carbocycles. The number of aliphatic hydroxyl groups is 1. The zero-order valence-corrected chi connectivity index (χ0v) is 15.7. The first-order valence-electron chi connectivity index (χ1n) is 9.91. The number of rotatable bonds is 7. The largest absolute Gasteiger partial charge is 0.390 e. The van der Waals surface area contributed by atoms with E-state index in [1.54, 1.807) is 0 Å². The molecule has 3 rings (SSSR count). The quantitative estimate of drug-likeness (QED) is 0.764. The first-order valence-corrected chi connectivity index (χ1v) is 9.91. The third-order valence-corrected chi connectivity index (χ3v) is 5.28. The average Bonchev–Trinajstić information content (AvgIpc) is 3.09. The molecule has 3 atom stereocenters. The van der Waals surface area contributed by atoms with Crippen LogP contribution in [0.2, 0.25) is 0 Å². The highest BCUT2D eigenvalue weighted by atomic mass is 16.5. The predicted octanol–water partition coefficient (Wildman–Crippen LogP) is 1.64. The fourth-order valence-electron chi connectivity index (χ4n) is 3.72. The third kappa shape index (κ3) is 5.53. The highest BCUT2D eigenvalue weighted by Crippen LogP contribution is 2.23. The number of carbonyl (C=O) groups is 1. The van der Waals surface area contributed by atoms with Gasteiger partial charge in [0.1, 0.15) is 6.10 Å². The fourth-order valence-corrected chi connectivity index (χ4v) is 3.72. The van der Waals surface area contributed by atoms with Crippen molar-refractivity contribution >= 4 is 5.91 Å². The number of ether oxygens (including phenoxy) is 1. The van der Waals surface area contributed by atoms with Gasteiger partial charge >= 0.3 is 0 Å². The Morgan fingerprint density at radius 2 is 2.15 bits per heavy atom. The summed E-state index contributed by atoms with van der Waals surface area (Å²) in [5, 5.41) is 17.1. The summed E-state index contributed by atoms with van der Waals surface area (Å²) in [5.74, 6) is 0.881. The molecule has 2 fully saturated rings. The second-order valence-corrected chi connectivity index (χ2v) is 7.42. The van der Waals surface area contributed by atoms with Crippen LogP contribution >= 0.6 is 0 Å². The maximum atomic E-state index is 11.4. The van der Waals surface area contributed by atoms with Gasteiger partial charge in [-0.25, -0.2) is 0 Å². The average molecular weight is 365 g/mol. The van der Waals surface area contributed by atoms with E-state index in [2.05, 4.69) is 15.4 Å². The van der Waals surface area contributed by atoms with Crippen LogP contribution in [0.1, 0.15) is 56.9 Å². The van der Waals surface area contributed by atoms with Gasteiger partial charge in [0.15, 0.2) is 5.76 Å². The third-order valence-electron chi connectivity index (χ3n) is 5.28. The molecule has 0 saturated carbocycles. The van der Waals surface area contributed by atoms with Crippen molar-refractivity contribution in [3.8, 4) is 0 Å². The molecule has 2 aliphatic heterocycles. The van der Waals surface area contributed by atoms with E-state index in [9.17, 15) is 9.90 Å². The Morgan fingerprint density at radius 3 is 2.92 bits per heavy atom.